The van der Waals surface area contributed by atoms with Crippen LogP contribution in [0.2, 0.25) is 0 Å². The summed E-state index contributed by atoms with van der Waals surface area (Å²) in [6.45, 7) is 14.5. The van der Waals surface area contributed by atoms with Crippen molar-refractivity contribution in [3.8, 4) is 28.1 Å². The van der Waals surface area contributed by atoms with E-state index >= 15 is 0 Å². The third-order valence-corrected chi connectivity index (χ3v) is 14.2. The van der Waals surface area contributed by atoms with Crippen LogP contribution in [-0.2, 0) is 57.6 Å². The molecule has 17 heteroatoms. The molecule has 69 heavy (non-hydrogen) atoms. The molecule has 2 unspecified atom stereocenters. The SMILES string of the molecule is CCn1c(-c2cccnc2[C@H](C)OC)c2c3cc(ccc31)-c1cc(O)cc(c1)C[C@H](NC(=O)C(C(C)C)N(C)C(=O)CN(C)C(=O)[C@@H]1CN1C1COC1)C(=O)N1CCC[C@H](N1)C(=O)OCC(C)(C)C2. The first kappa shape index (κ1) is 49.5. The summed E-state index contributed by atoms with van der Waals surface area (Å²) >= 11 is 0. The van der Waals surface area contributed by atoms with Crippen LogP contribution in [0.1, 0.15) is 77.3 Å². The molecule has 6 atom stereocenters. The highest BCUT2D eigenvalue weighted by Gasteiger charge is 2.48. The van der Waals surface area contributed by atoms with Crippen molar-refractivity contribution >= 4 is 40.5 Å². The molecule has 6 bridgehead atoms. The molecule has 17 nitrogen and oxygen atoms in total. The average molecular weight is 949 g/mol. The number of rotatable bonds is 12. The minimum absolute atomic E-state index is 0.0189. The van der Waals surface area contributed by atoms with Gasteiger partial charge < -0.3 is 39.0 Å². The van der Waals surface area contributed by atoms with Crippen molar-refractivity contribution in [2.45, 2.75) is 110 Å². The minimum atomic E-state index is -1.18. The molecule has 4 aliphatic rings. The predicted octanol–water partition coefficient (Wildman–Crippen LogP) is 4.48. The maximum atomic E-state index is 14.8. The summed E-state index contributed by atoms with van der Waals surface area (Å²) in [5.41, 5.74) is 9.48. The van der Waals surface area contributed by atoms with E-state index in [-0.39, 0.29) is 61.9 Å². The number of methoxy groups -OCH3 is 1. The number of hydrogen-bond acceptors (Lipinski definition) is 12. The summed E-state index contributed by atoms with van der Waals surface area (Å²) in [4.78, 5) is 79.9. The molecule has 3 N–H and O–H groups in total. The average Bonchev–Trinajstić information content (AvgIpc) is 4.02. The van der Waals surface area contributed by atoms with E-state index in [4.69, 9.17) is 19.2 Å². The van der Waals surface area contributed by atoms with Gasteiger partial charge in [-0.2, -0.15) is 0 Å². The van der Waals surface area contributed by atoms with E-state index in [0.29, 0.717) is 56.7 Å². The number of phenolic OH excluding ortho intramolecular Hbond substituents is 1. The molecule has 6 heterocycles. The molecule has 370 valence electrons. The second-order valence-electron chi connectivity index (χ2n) is 20.3. The quantitative estimate of drug-likeness (QED) is 0.134. The zero-order valence-corrected chi connectivity index (χ0v) is 41.4. The van der Waals surface area contributed by atoms with Gasteiger partial charge in [0.15, 0.2) is 0 Å². The van der Waals surface area contributed by atoms with Gasteiger partial charge in [0.05, 0.1) is 49.9 Å². The maximum Gasteiger partial charge on any atom is 0.324 e. The van der Waals surface area contributed by atoms with Crippen molar-refractivity contribution in [1.82, 2.24) is 40.0 Å². The smallest absolute Gasteiger partial charge is 0.324 e. The van der Waals surface area contributed by atoms with Crippen molar-refractivity contribution in [3.63, 3.8) is 0 Å². The normalized spacial score (nSPS) is 22.6. The lowest BCUT2D eigenvalue weighted by Crippen LogP contribution is -2.62. The number of carbonyl (C=O) groups excluding carboxylic acids is 5. The molecule has 4 aliphatic heterocycles. The lowest BCUT2D eigenvalue weighted by Gasteiger charge is -2.37. The van der Waals surface area contributed by atoms with Crippen molar-refractivity contribution in [2.24, 2.45) is 11.3 Å². The molecule has 3 fully saturated rings. The molecule has 0 radical (unpaired) electrons. The third-order valence-electron chi connectivity index (χ3n) is 14.2. The van der Waals surface area contributed by atoms with Gasteiger partial charge in [0, 0.05) is 75.3 Å². The van der Waals surface area contributed by atoms with Crippen LogP contribution in [0.4, 0.5) is 0 Å². The molecule has 0 saturated carbocycles. The largest absolute Gasteiger partial charge is 0.508 e. The number of hydrazine groups is 1. The van der Waals surface area contributed by atoms with E-state index in [1.807, 2.05) is 39.0 Å². The zero-order valence-electron chi connectivity index (χ0n) is 41.4. The molecular weight excluding hydrogens is 881 g/mol. The number of aromatic hydroxyl groups is 1. The summed E-state index contributed by atoms with van der Waals surface area (Å²) in [7, 11) is 4.79. The first-order chi connectivity index (χ1) is 32.9. The molecule has 2 aromatic carbocycles. The molecule has 8 rings (SSSR count). The number of esters is 1. The van der Waals surface area contributed by atoms with Crippen LogP contribution in [-0.4, -0.2) is 155 Å². The van der Waals surface area contributed by atoms with Crippen LogP contribution in [0.15, 0.2) is 54.7 Å². The first-order valence-electron chi connectivity index (χ1n) is 24.2. The van der Waals surface area contributed by atoms with Crippen molar-refractivity contribution in [3.05, 3.63) is 71.5 Å². The molecule has 0 spiro atoms. The number of likely N-dealkylation sites (N-methyl/N-ethyl adjacent to an activating group) is 2. The lowest BCUT2D eigenvalue weighted by molar-refractivity contribution is -0.155. The summed E-state index contributed by atoms with van der Waals surface area (Å²) in [6, 6.07) is 12.3. The number of ether oxygens (including phenoxy) is 3. The molecule has 3 saturated heterocycles. The Kier molecular flexibility index (Phi) is 14.5. The Morgan fingerprint density at radius 3 is 2.52 bits per heavy atom. The number of hydrogen-bond donors (Lipinski definition) is 3. The van der Waals surface area contributed by atoms with Crippen LogP contribution in [0.5, 0.6) is 5.75 Å². The van der Waals surface area contributed by atoms with Crippen molar-refractivity contribution < 1.29 is 43.3 Å². The van der Waals surface area contributed by atoms with Gasteiger partial charge in [0.1, 0.15) is 29.9 Å². The Morgan fingerprint density at radius 2 is 1.83 bits per heavy atom. The first-order valence-corrected chi connectivity index (χ1v) is 24.2. The Morgan fingerprint density at radius 1 is 1.06 bits per heavy atom. The Hall–Kier alpha value is -5.88. The van der Waals surface area contributed by atoms with E-state index in [2.05, 4.69) is 59.2 Å². The minimum Gasteiger partial charge on any atom is -0.508 e. The number of benzene rings is 2. The van der Waals surface area contributed by atoms with Gasteiger partial charge >= 0.3 is 5.97 Å². The standard InChI is InChI=1S/C52H68N8O9/c1-10-58-42-16-15-33-23-38(42)39(47(58)37-13-11-17-53-45(37)31(4)67-9)24-52(5,6)29-69-51(66)40-14-12-18-60(55-40)49(64)41(21-32-19-34(33)22-36(61)20-32)54-48(63)46(30(2)3)57(8)44(62)26-56(7)50(65)43-25-59(43)35-27-68-28-35/h11,13,15-17,19-20,22-23,30-31,35,40-41,43,46,55,61H,10,12,14,18,21,24-29H2,1-9H3,(H,54,63)/t31-,40-,41-,43-,46?,59?/m0/s1. The van der Waals surface area contributed by atoms with Gasteiger partial charge in [0.2, 0.25) is 17.7 Å². The molecule has 4 aromatic rings. The zero-order chi connectivity index (χ0) is 49.5. The van der Waals surface area contributed by atoms with E-state index in [1.54, 1.807) is 32.5 Å². The second kappa shape index (κ2) is 20.2. The molecule has 2 aromatic heterocycles. The van der Waals surface area contributed by atoms with Gasteiger partial charge in [0.25, 0.3) is 5.91 Å². The van der Waals surface area contributed by atoms with E-state index in [1.165, 1.54) is 21.9 Å². The van der Waals surface area contributed by atoms with Crippen molar-refractivity contribution in [1.29, 1.82) is 0 Å². The topological polar surface area (TPSA) is 188 Å². The van der Waals surface area contributed by atoms with Gasteiger partial charge in [-0.05, 0) is 97.7 Å². The number of fused-ring (bicyclic) bond motifs is 6. The number of nitrogens with zero attached hydrogens (tertiary/aromatic N) is 6. The van der Waals surface area contributed by atoms with Crippen molar-refractivity contribution in [2.75, 3.05) is 60.7 Å². The Bertz CT molecular complexity index is 2610. The molecule has 0 aliphatic carbocycles. The number of nitrogens with one attached hydrogen (secondary N) is 2. The Labute approximate surface area is 404 Å². The van der Waals surface area contributed by atoms with Crippen LogP contribution in [0.3, 0.4) is 0 Å². The number of aryl methyl sites for hydroxylation is 1. The van der Waals surface area contributed by atoms with Crippen LogP contribution in [0, 0.1) is 11.3 Å². The summed E-state index contributed by atoms with van der Waals surface area (Å²) in [5, 5.41) is 16.7. The van der Waals surface area contributed by atoms with E-state index in [0.717, 1.165) is 39.0 Å². The van der Waals surface area contributed by atoms with Gasteiger partial charge in [-0.3, -0.25) is 38.9 Å². The van der Waals surface area contributed by atoms with Crippen LogP contribution in [0.25, 0.3) is 33.3 Å². The van der Waals surface area contributed by atoms with Gasteiger partial charge in [-0.25, -0.2) is 5.43 Å². The highest BCUT2D eigenvalue weighted by Crippen LogP contribution is 2.42. The summed E-state index contributed by atoms with van der Waals surface area (Å²) < 4.78 is 19.5. The Balaban J connectivity index is 1.15. The predicted molar refractivity (Wildman–Crippen MR) is 259 cm³/mol. The number of carbonyl (C=O) groups is 5. The van der Waals surface area contributed by atoms with Gasteiger partial charge in [-0.15, -0.1) is 0 Å². The van der Waals surface area contributed by atoms with Gasteiger partial charge in [-0.1, -0.05) is 39.8 Å². The fourth-order valence-electron chi connectivity index (χ4n) is 10.2. The number of phenols is 1. The number of amides is 4. The fourth-order valence-corrected chi connectivity index (χ4v) is 10.2. The highest BCUT2D eigenvalue weighted by atomic mass is 16.5. The summed E-state index contributed by atoms with van der Waals surface area (Å²) in [5.74, 6) is -2.53. The molecular formula is C52H68N8O9. The molecule has 4 amide bonds. The number of pyridine rings is 1. The third kappa shape index (κ3) is 10.4. The number of aromatic nitrogens is 2. The van der Waals surface area contributed by atoms with Crippen LogP contribution < -0.4 is 10.7 Å². The second-order valence-corrected chi connectivity index (χ2v) is 20.3. The van der Waals surface area contributed by atoms with E-state index < -0.39 is 47.2 Å². The lowest BCUT2D eigenvalue weighted by atomic mass is 9.84. The highest BCUT2D eigenvalue weighted by molar-refractivity contribution is 5.96. The van der Waals surface area contributed by atoms with E-state index in [9.17, 15) is 29.1 Å². The monoisotopic (exact) mass is 949 g/mol. The maximum absolute atomic E-state index is 14.8. The summed E-state index contributed by atoms with van der Waals surface area (Å²) in [6.07, 6.45) is 2.93. The number of cyclic esters (lactones) is 1. The fraction of sp³-hybridized carbons (Fsp3) is 0.538. The van der Waals surface area contributed by atoms with Crippen LogP contribution >= 0.6 is 0 Å².